The topological polar surface area (TPSA) is 67.2 Å². The largest absolute Gasteiger partial charge is 0.406 e. The summed E-state index contributed by atoms with van der Waals surface area (Å²) in [6.45, 7) is -1.33. The number of hydrogen-bond acceptors (Lipinski definition) is 3. The number of rotatable bonds is 7. The van der Waals surface area contributed by atoms with E-state index in [1.165, 1.54) is 30.4 Å². The monoisotopic (exact) mass is 420 g/mol. The maximum atomic E-state index is 13.0. The highest BCUT2D eigenvalue weighted by atomic mass is 35.5. The van der Waals surface area contributed by atoms with Crippen LogP contribution < -0.4 is 5.32 Å². The van der Waals surface area contributed by atoms with Crippen molar-refractivity contribution in [2.45, 2.75) is 25.7 Å². The molecule has 0 aliphatic carbocycles. The molecule has 28 heavy (non-hydrogen) atoms. The summed E-state index contributed by atoms with van der Waals surface area (Å²) in [5, 5.41) is 2.43. The van der Waals surface area contributed by atoms with Gasteiger partial charge in [0, 0.05) is 32.4 Å². The number of imidazole rings is 1. The number of aromatic nitrogens is 2. The Balaban J connectivity index is 1.85. The zero-order chi connectivity index (χ0) is 20.9. The van der Waals surface area contributed by atoms with Gasteiger partial charge in [0.25, 0.3) is 5.91 Å². The second kappa shape index (κ2) is 9.05. The molecule has 0 saturated carbocycles. The molecule has 0 spiro atoms. The van der Waals surface area contributed by atoms with E-state index in [1.54, 1.807) is 0 Å². The maximum Gasteiger partial charge on any atom is 0.406 e. The van der Waals surface area contributed by atoms with Gasteiger partial charge >= 0.3 is 6.18 Å². The molecule has 6 nitrogen and oxygen atoms in total. The Bertz CT molecular complexity index is 854. The first-order valence-corrected chi connectivity index (χ1v) is 8.48. The first kappa shape index (κ1) is 21.7. The Morgan fingerprint density at radius 3 is 2.68 bits per heavy atom. The van der Waals surface area contributed by atoms with Gasteiger partial charge in [0.05, 0.1) is 17.1 Å². The molecule has 1 N–H and O–H groups in total. The average molecular weight is 421 g/mol. The number of carbonyl (C=O) groups excluding carboxylic acids is 2. The fraction of sp³-hybridized carbons (Fsp3) is 0.353. The van der Waals surface area contributed by atoms with Crippen LogP contribution in [-0.2, 0) is 17.9 Å². The predicted molar refractivity (Wildman–Crippen MR) is 93.1 cm³/mol. The molecule has 1 aromatic carbocycles. The van der Waals surface area contributed by atoms with E-state index in [0.717, 1.165) is 16.7 Å². The first-order valence-electron chi connectivity index (χ1n) is 8.11. The van der Waals surface area contributed by atoms with Crippen LogP contribution in [0.15, 0.2) is 30.6 Å². The van der Waals surface area contributed by atoms with E-state index in [9.17, 15) is 27.2 Å². The number of carbonyl (C=O) groups is 2. The van der Waals surface area contributed by atoms with Gasteiger partial charge < -0.3 is 14.8 Å². The molecule has 0 atom stereocenters. The van der Waals surface area contributed by atoms with Gasteiger partial charge in [-0.25, -0.2) is 9.37 Å². The summed E-state index contributed by atoms with van der Waals surface area (Å²) in [6, 6.07) is 3.31. The Kier molecular flexibility index (Phi) is 7.00. The highest BCUT2D eigenvalue weighted by molar-refractivity contribution is 6.33. The van der Waals surface area contributed by atoms with E-state index >= 15 is 0 Å². The molecule has 2 aromatic rings. The first-order chi connectivity index (χ1) is 13.1. The van der Waals surface area contributed by atoms with E-state index in [-0.39, 0.29) is 35.9 Å². The lowest BCUT2D eigenvalue weighted by atomic mass is 10.2. The number of benzene rings is 1. The summed E-state index contributed by atoms with van der Waals surface area (Å²) >= 11 is 5.79. The lowest BCUT2D eigenvalue weighted by Gasteiger charge is -2.18. The van der Waals surface area contributed by atoms with E-state index in [2.05, 4.69) is 10.3 Å². The number of halogens is 5. The maximum absolute atomic E-state index is 13.0. The van der Waals surface area contributed by atoms with Crippen molar-refractivity contribution in [3.63, 3.8) is 0 Å². The highest BCUT2D eigenvalue weighted by Gasteiger charge is 2.29. The number of alkyl halides is 3. The molecule has 2 rings (SSSR count). The molecule has 1 aromatic heterocycles. The summed E-state index contributed by atoms with van der Waals surface area (Å²) in [7, 11) is 1.42. The Hall–Kier alpha value is -2.62. The summed E-state index contributed by atoms with van der Waals surface area (Å²) < 4.78 is 51.5. The third-order valence-electron chi connectivity index (χ3n) is 3.76. The molecule has 1 heterocycles. The quantitative estimate of drug-likeness (QED) is 0.700. The van der Waals surface area contributed by atoms with Gasteiger partial charge in [-0.15, -0.1) is 0 Å². The summed E-state index contributed by atoms with van der Waals surface area (Å²) in [5.41, 5.74) is 0.0676. The number of nitrogens with one attached hydrogen (secondary N) is 1. The molecule has 2 amide bonds. The van der Waals surface area contributed by atoms with Crippen LogP contribution in [0.1, 0.15) is 22.6 Å². The molecule has 0 aliphatic heterocycles. The van der Waals surface area contributed by atoms with Crippen molar-refractivity contribution in [1.29, 1.82) is 0 Å². The van der Waals surface area contributed by atoms with Crippen molar-refractivity contribution in [2.24, 2.45) is 0 Å². The molecular weight excluding hydrogens is 404 g/mol. The SMILES string of the molecule is CN(Cc1nccn1CC(F)(F)F)C(=O)CCNC(=O)c1ccc(F)cc1Cl. The molecule has 0 bridgehead atoms. The molecule has 0 fully saturated rings. The average Bonchev–Trinajstić information content (AvgIpc) is 2.99. The van der Waals surface area contributed by atoms with Crippen LogP contribution in [0, 0.1) is 5.82 Å². The standard InChI is InChI=1S/C17H17ClF4N4O2/c1-25(9-14-23-6-7-26(14)10-17(20,21)22)15(27)4-5-24-16(28)12-3-2-11(19)8-13(12)18/h2-3,6-8H,4-5,9-10H2,1H3,(H,24,28). The van der Waals surface area contributed by atoms with Gasteiger partial charge in [0.2, 0.25) is 5.91 Å². The van der Waals surface area contributed by atoms with Gasteiger partial charge in [-0.05, 0) is 18.2 Å². The zero-order valence-corrected chi connectivity index (χ0v) is 15.5. The summed E-state index contributed by atoms with van der Waals surface area (Å²) in [4.78, 5) is 29.2. The molecule has 0 radical (unpaired) electrons. The molecule has 152 valence electrons. The van der Waals surface area contributed by atoms with Gasteiger partial charge in [-0.3, -0.25) is 9.59 Å². The lowest BCUT2D eigenvalue weighted by molar-refractivity contribution is -0.141. The van der Waals surface area contributed by atoms with Crippen molar-refractivity contribution < 1.29 is 27.2 Å². The Labute approximate surface area is 163 Å². The van der Waals surface area contributed by atoms with Crippen LogP contribution in [0.25, 0.3) is 0 Å². The van der Waals surface area contributed by atoms with Crippen LogP contribution >= 0.6 is 11.6 Å². The lowest BCUT2D eigenvalue weighted by Crippen LogP contribution is -2.33. The van der Waals surface area contributed by atoms with Crippen LogP contribution in [-0.4, -0.2) is 46.0 Å². The minimum absolute atomic E-state index is 0.0211. The second-order valence-electron chi connectivity index (χ2n) is 5.97. The van der Waals surface area contributed by atoms with Crippen molar-refractivity contribution in [3.8, 4) is 0 Å². The van der Waals surface area contributed by atoms with Crippen LogP contribution in [0.5, 0.6) is 0 Å². The van der Waals surface area contributed by atoms with Crippen molar-refractivity contribution in [2.75, 3.05) is 13.6 Å². The summed E-state index contributed by atoms with van der Waals surface area (Å²) in [6.07, 6.45) is -2.06. The molecule has 0 aliphatic rings. The fourth-order valence-electron chi connectivity index (χ4n) is 2.37. The smallest absolute Gasteiger partial charge is 0.351 e. The van der Waals surface area contributed by atoms with Crippen molar-refractivity contribution in [1.82, 2.24) is 19.8 Å². The van der Waals surface area contributed by atoms with Crippen LogP contribution in [0.4, 0.5) is 17.6 Å². The summed E-state index contributed by atoms with van der Waals surface area (Å²) in [5.74, 6) is -1.45. The Morgan fingerprint density at radius 2 is 2.04 bits per heavy atom. The van der Waals surface area contributed by atoms with Crippen LogP contribution in [0.2, 0.25) is 5.02 Å². The van der Waals surface area contributed by atoms with Crippen LogP contribution in [0.3, 0.4) is 0 Å². The normalized spacial score (nSPS) is 11.4. The van der Waals surface area contributed by atoms with E-state index in [1.807, 2.05) is 0 Å². The van der Waals surface area contributed by atoms with Gasteiger partial charge in [-0.2, -0.15) is 13.2 Å². The predicted octanol–water partition coefficient (Wildman–Crippen LogP) is 3.02. The number of nitrogens with zero attached hydrogens (tertiary/aromatic N) is 3. The van der Waals surface area contributed by atoms with Crippen molar-refractivity contribution in [3.05, 3.63) is 52.8 Å². The van der Waals surface area contributed by atoms with Gasteiger partial charge in [0.15, 0.2) is 0 Å². The molecular formula is C17H17ClF4N4O2. The third-order valence-corrected chi connectivity index (χ3v) is 4.07. The number of amides is 2. The van der Waals surface area contributed by atoms with Crippen molar-refractivity contribution >= 4 is 23.4 Å². The Morgan fingerprint density at radius 1 is 1.32 bits per heavy atom. The van der Waals surface area contributed by atoms with E-state index in [4.69, 9.17) is 11.6 Å². The fourth-order valence-corrected chi connectivity index (χ4v) is 2.62. The second-order valence-corrected chi connectivity index (χ2v) is 6.37. The third kappa shape index (κ3) is 6.22. The highest BCUT2D eigenvalue weighted by Crippen LogP contribution is 2.19. The zero-order valence-electron chi connectivity index (χ0n) is 14.8. The van der Waals surface area contributed by atoms with Gasteiger partial charge in [-0.1, -0.05) is 11.6 Å². The molecule has 11 heteroatoms. The minimum atomic E-state index is -4.40. The molecule has 0 saturated heterocycles. The minimum Gasteiger partial charge on any atom is -0.351 e. The molecule has 0 unspecified atom stereocenters. The van der Waals surface area contributed by atoms with Gasteiger partial charge in [0.1, 0.15) is 18.2 Å². The van der Waals surface area contributed by atoms with E-state index < -0.39 is 30.4 Å². The number of hydrogen-bond donors (Lipinski definition) is 1. The van der Waals surface area contributed by atoms with E-state index in [0.29, 0.717) is 0 Å².